The minimum Gasteiger partial charge on any atom is -1.00 e. The molecule has 0 unspecified atom stereocenters. The van der Waals surface area contributed by atoms with Crippen LogP contribution in [0.15, 0.2) is 0 Å². The molecule has 0 bridgehead atoms. The van der Waals surface area contributed by atoms with E-state index in [0.717, 1.165) is 0 Å². The van der Waals surface area contributed by atoms with Crippen molar-refractivity contribution in [2.45, 2.75) is 37.8 Å². The van der Waals surface area contributed by atoms with Gasteiger partial charge in [0.25, 0.3) is 0 Å². The first-order valence-corrected chi connectivity index (χ1v) is 10.00. The fourth-order valence-corrected chi connectivity index (χ4v) is 7.78. The van der Waals surface area contributed by atoms with Crippen molar-refractivity contribution in [1.82, 2.24) is 0 Å². The average Bonchev–Trinajstić information content (AvgIpc) is 1.62. The van der Waals surface area contributed by atoms with Crippen LogP contribution in [0.2, 0.25) is 12.1 Å². The van der Waals surface area contributed by atoms with Gasteiger partial charge >= 0.3 is 18.9 Å². The van der Waals surface area contributed by atoms with E-state index in [9.17, 15) is 0 Å². The zero-order chi connectivity index (χ0) is 5.66. The van der Waals surface area contributed by atoms with Crippen LogP contribution in [-0.2, 0) is 0 Å². The second-order valence-corrected chi connectivity index (χ2v) is 9.90. The molecule has 0 saturated carbocycles. The Hall–Kier alpha value is 1.03. The molecule has 9 heavy (non-hydrogen) atoms. The van der Waals surface area contributed by atoms with Gasteiger partial charge in [-0.1, -0.05) is 37.8 Å². The normalized spacial score (nSPS) is 26.7. The maximum Gasteiger partial charge on any atom is 1.00 e. The van der Waals surface area contributed by atoms with Crippen LogP contribution in [-0.4, -0.2) is 18.1 Å². The molecular weight excluding hydrogens is 135 g/mol. The Labute approximate surface area is 76.3 Å². The average molecular weight is 152 g/mol. The second kappa shape index (κ2) is 7.14. The van der Waals surface area contributed by atoms with Crippen molar-refractivity contribution in [3.63, 3.8) is 0 Å². The van der Waals surface area contributed by atoms with Crippen LogP contribution in [0.25, 0.3) is 0 Å². The molecule has 0 aliphatic carbocycles. The standard InChI is InChI=1S/C6H16Si2.Li.H/c1-2-4-6-8-7-5-3-1;;/h1-8H2;;/q;+1;-1. The van der Waals surface area contributed by atoms with E-state index in [4.69, 9.17) is 0 Å². The molecule has 0 atom stereocenters. The van der Waals surface area contributed by atoms with Crippen molar-refractivity contribution in [2.24, 2.45) is 0 Å². The molecule has 0 amide bonds. The molecule has 1 fully saturated rings. The van der Waals surface area contributed by atoms with Gasteiger partial charge in [-0.15, -0.1) is 0 Å². The largest absolute Gasteiger partial charge is 1.00 e. The van der Waals surface area contributed by atoms with E-state index < -0.39 is 0 Å². The Morgan fingerprint density at radius 2 is 1.22 bits per heavy atom. The summed E-state index contributed by atoms with van der Waals surface area (Å²) in [6.45, 7) is 0. The third-order valence-electron chi connectivity index (χ3n) is 2.00. The third-order valence-corrected chi connectivity index (χ3v) is 9.00. The van der Waals surface area contributed by atoms with Crippen LogP contribution in [0.5, 0.6) is 0 Å². The Bertz CT molecular complexity index is 39.7. The summed E-state index contributed by atoms with van der Waals surface area (Å²) in [5.41, 5.74) is 0. The maximum atomic E-state index is 1.70. The molecule has 1 saturated heterocycles. The fourth-order valence-electron chi connectivity index (χ4n) is 1.41. The number of rotatable bonds is 0. The molecule has 1 aliphatic rings. The molecule has 3 heteroatoms. The van der Waals surface area contributed by atoms with Gasteiger partial charge in [-0.2, -0.15) is 0 Å². The molecule has 0 spiro atoms. The van der Waals surface area contributed by atoms with Gasteiger partial charge in [0.15, 0.2) is 0 Å². The van der Waals surface area contributed by atoms with E-state index in [1.807, 2.05) is 0 Å². The van der Waals surface area contributed by atoms with Crippen LogP contribution < -0.4 is 18.9 Å². The zero-order valence-corrected chi connectivity index (χ0v) is 9.49. The van der Waals surface area contributed by atoms with Gasteiger partial charge in [0.2, 0.25) is 0 Å². The predicted molar refractivity (Wildman–Crippen MR) is 46.3 cm³/mol. The van der Waals surface area contributed by atoms with Crippen LogP contribution in [0.3, 0.4) is 0 Å². The number of hydrogen-bond donors (Lipinski definition) is 0. The summed E-state index contributed by atoms with van der Waals surface area (Å²) in [4.78, 5) is 0. The summed E-state index contributed by atoms with van der Waals surface area (Å²) in [7, 11) is 1.18. The Morgan fingerprint density at radius 3 is 1.67 bits per heavy atom. The molecule has 0 aromatic carbocycles. The quantitative estimate of drug-likeness (QED) is 0.345. The predicted octanol–water partition coefficient (Wildman–Crippen LogP) is -2.23. The minimum atomic E-state index is 0. The molecule has 0 aromatic rings. The van der Waals surface area contributed by atoms with E-state index in [0.29, 0.717) is 18.1 Å². The minimum absolute atomic E-state index is 0. The van der Waals surface area contributed by atoms with Gasteiger partial charge in [-0.3, -0.25) is 0 Å². The van der Waals surface area contributed by atoms with E-state index in [2.05, 4.69) is 0 Å². The monoisotopic (exact) mass is 152 g/mol. The fraction of sp³-hybridized carbons (Fsp3) is 1.00. The Balaban J connectivity index is 0. The second-order valence-electron chi connectivity index (χ2n) is 2.83. The molecule has 0 N–H and O–H groups in total. The van der Waals surface area contributed by atoms with Gasteiger partial charge in [-0.25, -0.2) is 0 Å². The Morgan fingerprint density at radius 1 is 0.778 bits per heavy atom. The van der Waals surface area contributed by atoms with Gasteiger partial charge in [0.1, 0.15) is 0 Å². The van der Waals surface area contributed by atoms with E-state index in [-0.39, 0.29) is 20.3 Å². The van der Waals surface area contributed by atoms with Crippen molar-refractivity contribution >= 4 is 18.1 Å². The summed E-state index contributed by atoms with van der Waals surface area (Å²) in [5, 5.41) is 0. The number of hydrogen-bond acceptors (Lipinski definition) is 0. The van der Waals surface area contributed by atoms with Crippen LogP contribution >= 0.6 is 0 Å². The Kier molecular flexibility index (Phi) is 7.96. The molecule has 1 rings (SSSR count). The van der Waals surface area contributed by atoms with Gasteiger partial charge in [0.05, 0.1) is 0 Å². The van der Waals surface area contributed by atoms with Crippen LogP contribution in [0.1, 0.15) is 27.1 Å². The molecule has 0 nitrogen and oxygen atoms in total. The smallest absolute Gasteiger partial charge is 1.00 e. The first-order chi connectivity index (χ1) is 4.00. The molecule has 1 aliphatic heterocycles. The van der Waals surface area contributed by atoms with Crippen LogP contribution in [0, 0.1) is 0 Å². The summed E-state index contributed by atoms with van der Waals surface area (Å²) in [6.07, 6.45) is 6.31. The van der Waals surface area contributed by atoms with Crippen molar-refractivity contribution in [3.8, 4) is 0 Å². The maximum absolute atomic E-state index is 1.70. The molecule has 50 valence electrons. The SMILES string of the molecule is C1CCC[SiH2][SiH2]CC1.[H-].[Li+]. The molecular formula is C6H17LiSi2. The third kappa shape index (κ3) is 5.47. The van der Waals surface area contributed by atoms with E-state index in [1.54, 1.807) is 37.8 Å². The molecule has 0 radical (unpaired) electrons. The van der Waals surface area contributed by atoms with Crippen molar-refractivity contribution < 1.29 is 20.3 Å². The topological polar surface area (TPSA) is 0 Å². The molecule has 0 aromatic heterocycles. The molecule has 1 heterocycles. The summed E-state index contributed by atoms with van der Waals surface area (Å²) < 4.78 is 0. The summed E-state index contributed by atoms with van der Waals surface area (Å²) >= 11 is 0. The van der Waals surface area contributed by atoms with Crippen molar-refractivity contribution in [2.75, 3.05) is 0 Å². The summed E-state index contributed by atoms with van der Waals surface area (Å²) in [6, 6.07) is 3.40. The first kappa shape index (κ1) is 10.0. The van der Waals surface area contributed by atoms with Crippen LogP contribution in [0.4, 0.5) is 0 Å². The van der Waals surface area contributed by atoms with E-state index >= 15 is 0 Å². The van der Waals surface area contributed by atoms with Gasteiger partial charge < -0.3 is 1.43 Å². The van der Waals surface area contributed by atoms with E-state index in [1.165, 1.54) is 0 Å². The first-order valence-electron chi connectivity index (χ1n) is 4.00. The zero-order valence-electron chi connectivity index (χ0n) is 7.66. The summed E-state index contributed by atoms with van der Waals surface area (Å²) in [5.74, 6) is 0. The van der Waals surface area contributed by atoms with Crippen molar-refractivity contribution in [1.29, 1.82) is 0 Å². The van der Waals surface area contributed by atoms with Crippen molar-refractivity contribution in [3.05, 3.63) is 0 Å². The van der Waals surface area contributed by atoms with Gasteiger partial charge in [-0.05, 0) is 0 Å². The van der Waals surface area contributed by atoms with Gasteiger partial charge in [0, 0.05) is 18.1 Å².